The summed E-state index contributed by atoms with van der Waals surface area (Å²) in [7, 11) is 1.63. The van der Waals surface area contributed by atoms with Gasteiger partial charge in [0, 0.05) is 15.7 Å². The van der Waals surface area contributed by atoms with Crippen molar-refractivity contribution in [3.8, 4) is 5.75 Å². The van der Waals surface area contributed by atoms with Gasteiger partial charge < -0.3 is 4.74 Å². The number of amides is 1. The second kappa shape index (κ2) is 9.20. The van der Waals surface area contributed by atoms with Crippen molar-refractivity contribution < 1.29 is 9.53 Å². The van der Waals surface area contributed by atoms with Crippen LogP contribution >= 0.6 is 23.4 Å². The average molecular weight is 435 g/mol. The molecule has 0 fully saturated rings. The third kappa shape index (κ3) is 4.58. The largest absolute Gasteiger partial charge is 0.497 e. The van der Waals surface area contributed by atoms with Crippen LogP contribution in [0.15, 0.2) is 94.4 Å². The molecule has 0 bridgehead atoms. The highest BCUT2D eigenvalue weighted by molar-refractivity contribution is 8.00. The van der Waals surface area contributed by atoms with Gasteiger partial charge in [-0.05, 0) is 60.2 Å². The molecule has 4 nitrogen and oxygen atoms in total. The molecule has 0 saturated heterocycles. The first-order chi connectivity index (χ1) is 14.6. The van der Waals surface area contributed by atoms with Crippen LogP contribution in [0.1, 0.15) is 5.56 Å². The van der Waals surface area contributed by atoms with Gasteiger partial charge in [0.25, 0.3) is 5.91 Å². The highest BCUT2D eigenvalue weighted by Crippen LogP contribution is 2.29. The van der Waals surface area contributed by atoms with Crippen LogP contribution in [-0.2, 0) is 4.79 Å². The van der Waals surface area contributed by atoms with Gasteiger partial charge >= 0.3 is 0 Å². The smallest absolute Gasteiger partial charge is 0.280 e. The number of anilines is 1. The van der Waals surface area contributed by atoms with E-state index in [0.29, 0.717) is 16.3 Å². The summed E-state index contributed by atoms with van der Waals surface area (Å²) in [6.07, 6.45) is 1.88. The lowest BCUT2D eigenvalue weighted by atomic mass is 10.1. The van der Waals surface area contributed by atoms with Crippen LogP contribution in [0, 0.1) is 0 Å². The van der Waals surface area contributed by atoms with E-state index in [2.05, 4.69) is 5.10 Å². The molecule has 0 radical (unpaired) electrons. The Bertz CT molecular complexity index is 1090. The van der Waals surface area contributed by atoms with Gasteiger partial charge in [0.1, 0.15) is 5.75 Å². The van der Waals surface area contributed by atoms with Crippen LogP contribution < -0.4 is 9.75 Å². The Labute approximate surface area is 184 Å². The van der Waals surface area contributed by atoms with E-state index in [1.807, 2.05) is 84.9 Å². The number of halogens is 1. The number of ether oxygens (including phenoxy) is 1. The molecule has 0 spiro atoms. The number of nitrogens with zero attached hydrogens (tertiary/aromatic N) is 2. The number of rotatable bonds is 6. The zero-order valence-corrected chi connectivity index (χ0v) is 17.9. The molecule has 1 amide bonds. The van der Waals surface area contributed by atoms with Crippen molar-refractivity contribution in [2.75, 3.05) is 17.9 Å². The Morgan fingerprint density at radius 2 is 1.70 bits per heavy atom. The number of benzene rings is 3. The number of para-hydroxylation sites is 1. The minimum absolute atomic E-state index is 0.135. The molecule has 4 rings (SSSR count). The van der Waals surface area contributed by atoms with Crippen LogP contribution in [-0.4, -0.2) is 24.5 Å². The van der Waals surface area contributed by atoms with Gasteiger partial charge in [-0.1, -0.05) is 41.9 Å². The van der Waals surface area contributed by atoms with Crippen molar-refractivity contribution in [3.05, 3.63) is 95.0 Å². The van der Waals surface area contributed by atoms with Crippen molar-refractivity contribution in [1.29, 1.82) is 0 Å². The van der Waals surface area contributed by atoms with Crippen LogP contribution in [0.4, 0.5) is 5.69 Å². The summed E-state index contributed by atoms with van der Waals surface area (Å²) < 4.78 is 5.22. The van der Waals surface area contributed by atoms with E-state index < -0.39 is 0 Å². The second-order valence-corrected chi connectivity index (χ2v) is 8.06. The number of methoxy groups -OCH3 is 1. The lowest BCUT2D eigenvalue weighted by molar-refractivity contribution is -0.114. The molecule has 30 heavy (non-hydrogen) atoms. The Hall–Kier alpha value is -3.02. The Kier molecular flexibility index (Phi) is 6.21. The number of hydrogen-bond donors (Lipinski definition) is 0. The van der Waals surface area contributed by atoms with Gasteiger partial charge in [-0.15, -0.1) is 11.8 Å². The van der Waals surface area contributed by atoms with E-state index in [-0.39, 0.29) is 5.91 Å². The third-order valence-electron chi connectivity index (χ3n) is 4.57. The summed E-state index contributed by atoms with van der Waals surface area (Å²) in [5, 5.41) is 6.81. The topological polar surface area (TPSA) is 41.9 Å². The zero-order chi connectivity index (χ0) is 20.9. The van der Waals surface area contributed by atoms with E-state index in [4.69, 9.17) is 16.3 Å². The highest BCUT2D eigenvalue weighted by Gasteiger charge is 2.31. The zero-order valence-electron chi connectivity index (χ0n) is 16.3. The van der Waals surface area contributed by atoms with Crippen LogP contribution in [0.5, 0.6) is 5.75 Å². The fourth-order valence-corrected chi connectivity index (χ4v) is 3.97. The van der Waals surface area contributed by atoms with Crippen LogP contribution in [0.25, 0.3) is 6.08 Å². The molecular weight excluding hydrogens is 416 g/mol. The number of carbonyl (C=O) groups is 1. The first-order valence-electron chi connectivity index (χ1n) is 9.35. The SMILES string of the molecule is COc1ccc(C=C2C(=O)N(c3ccccc3)N=C2CSc2ccc(Cl)cc2)cc1. The monoisotopic (exact) mass is 434 g/mol. The summed E-state index contributed by atoms with van der Waals surface area (Å²) in [6.45, 7) is 0. The van der Waals surface area contributed by atoms with Crippen molar-refractivity contribution in [1.82, 2.24) is 0 Å². The van der Waals surface area contributed by atoms with Gasteiger partial charge in [-0.25, -0.2) is 0 Å². The maximum atomic E-state index is 13.2. The van der Waals surface area contributed by atoms with Crippen molar-refractivity contribution in [2.45, 2.75) is 4.90 Å². The molecule has 0 saturated carbocycles. The second-order valence-electron chi connectivity index (χ2n) is 6.57. The summed E-state index contributed by atoms with van der Waals surface area (Å²) in [5.74, 6) is 1.20. The number of hydrazone groups is 1. The van der Waals surface area contributed by atoms with Gasteiger partial charge in [0.15, 0.2) is 0 Å². The number of thioether (sulfide) groups is 1. The first-order valence-corrected chi connectivity index (χ1v) is 10.7. The third-order valence-corrected chi connectivity index (χ3v) is 5.85. The average Bonchev–Trinajstić information content (AvgIpc) is 3.10. The summed E-state index contributed by atoms with van der Waals surface area (Å²) in [5.41, 5.74) is 2.98. The van der Waals surface area contributed by atoms with E-state index in [1.54, 1.807) is 18.9 Å². The van der Waals surface area contributed by atoms with Crippen molar-refractivity contribution in [3.63, 3.8) is 0 Å². The van der Waals surface area contributed by atoms with Gasteiger partial charge in [0.05, 0.1) is 24.1 Å². The Morgan fingerprint density at radius 3 is 2.37 bits per heavy atom. The summed E-state index contributed by atoms with van der Waals surface area (Å²) in [4.78, 5) is 14.3. The molecular formula is C24H19ClN2O2S. The normalized spacial score (nSPS) is 14.9. The highest BCUT2D eigenvalue weighted by atomic mass is 35.5. The summed E-state index contributed by atoms with van der Waals surface area (Å²) >= 11 is 7.59. The standard InChI is InChI=1S/C24H19ClN2O2S/c1-29-20-11-7-17(8-12-20)15-22-23(16-30-21-13-9-18(25)10-14-21)26-27(24(22)28)19-5-3-2-4-6-19/h2-15H,16H2,1H3. The molecule has 3 aromatic carbocycles. The van der Waals surface area contributed by atoms with Gasteiger partial charge in [-0.3, -0.25) is 4.79 Å². The first kappa shape index (κ1) is 20.3. The lowest BCUT2D eigenvalue weighted by Crippen LogP contribution is -2.21. The molecule has 0 unspecified atom stereocenters. The molecule has 1 heterocycles. The predicted molar refractivity (Wildman–Crippen MR) is 125 cm³/mol. The van der Waals surface area contributed by atoms with Gasteiger partial charge in [0.2, 0.25) is 0 Å². The fourth-order valence-electron chi connectivity index (χ4n) is 3.00. The molecule has 1 aliphatic heterocycles. The van der Waals surface area contributed by atoms with E-state index in [9.17, 15) is 4.79 Å². The molecule has 0 aromatic heterocycles. The maximum absolute atomic E-state index is 13.2. The number of hydrogen-bond acceptors (Lipinski definition) is 4. The minimum atomic E-state index is -0.135. The van der Waals surface area contributed by atoms with E-state index >= 15 is 0 Å². The minimum Gasteiger partial charge on any atom is -0.497 e. The molecule has 0 atom stereocenters. The van der Waals surface area contributed by atoms with Gasteiger partial charge in [-0.2, -0.15) is 10.1 Å². The Morgan fingerprint density at radius 1 is 1.00 bits per heavy atom. The summed E-state index contributed by atoms with van der Waals surface area (Å²) in [6, 6.07) is 24.7. The van der Waals surface area contributed by atoms with Crippen LogP contribution in [0.3, 0.4) is 0 Å². The maximum Gasteiger partial charge on any atom is 0.280 e. The molecule has 0 aliphatic carbocycles. The molecule has 150 valence electrons. The van der Waals surface area contributed by atoms with Crippen LogP contribution in [0.2, 0.25) is 5.02 Å². The molecule has 0 N–H and O–H groups in total. The predicted octanol–water partition coefficient (Wildman–Crippen LogP) is 5.93. The van der Waals surface area contributed by atoms with E-state index in [1.165, 1.54) is 5.01 Å². The molecule has 3 aromatic rings. The quantitative estimate of drug-likeness (QED) is 0.357. The Balaban J connectivity index is 1.64. The van der Waals surface area contributed by atoms with Crippen molar-refractivity contribution >= 4 is 46.7 Å². The lowest BCUT2D eigenvalue weighted by Gasteiger charge is -2.11. The fraction of sp³-hybridized carbons (Fsp3) is 0.0833. The van der Waals surface area contributed by atoms with E-state index in [0.717, 1.165) is 27.6 Å². The molecule has 1 aliphatic rings. The molecule has 6 heteroatoms. The number of carbonyl (C=O) groups excluding carboxylic acids is 1. The van der Waals surface area contributed by atoms with Crippen molar-refractivity contribution in [2.24, 2.45) is 5.10 Å².